The van der Waals surface area contributed by atoms with Crippen LogP contribution in [0.2, 0.25) is 0 Å². The van der Waals surface area contributed by atoms with E-state index in [1.165, 1.54) is 13.4 Å². The predicted octanol–water partition coefficient (Wildman–Crippen LogP) is 2.90. The van der Waals surface area contributed by atoms with E-state index in [0.29, 0.717) is 53.3 Å². The molecule has 1 aliphatic heterocycles. The number of aromatic amines is 1. The van der Waals surface area contributed by atoms with Crippen LogP contribution >= 0.6 is 0 Å². The fraction of sp³-hybridized carbons (Fsp3) is 0.407. The summed E-state index contributed by atoms with van der Waals surface area (Å²) in [7, 11) is -1.96. The number of aromatic hydroxyl groups is 1. The predicted molar refractivity (Wildman–Crippen MR) is 149 cm³/mol. The summed E-state index contributed by atoms with van der Waals surface area (Å²) in [6.07, 6.45) is 1.98. The molecule has 3 N–H and O–H groups in total. The summed E-state index contributed by atoms with van der Waals surface area (Å²) < 4.78 is 44.9. The van der Waals surface area contributed by atoms with Crippen molar-refractivity contribution in [2.24, 2.45) is 0 Å². The van der Waals surface area contributed by atoms with E-state index in [-0.39, 0.29) is 19.0 Å². The summed E-state index contributed by atoms with van der Waals surface area (Å²) in [6, 6.07) is 11.1. The molecule has 1 unspecified atom stereocenters. The van der Waals surface area contributed by atoms with Crippen molar-refractivity contribution in [2.45, 2.75) is 18.6 Å². The molecule has 1 aliphatic rings. The molecule has 3 heterocycles. The molecule has 208 valence electrons. The maximum Gasteiger partial charge on any atom is 0.214 e. The number of nitrogens with one attached hydrogen (secondary N) is 2. The number of hydrogen-bond donors (Lipinski definition) is 3. The fourth-order valence-electron chi connectivity index (χ4n) is 4.73. The number of H-pyrrole nitrogens is 1. The number of morpholine rings is 1. The Labute approximate surface area is 227 Å². The van der Waals surface area contributed by atoms with Gasteiger partial charge in [-0.1, -0.05) is 18.2 Å². The zero-order valence-electron chi connectivity index (χ0n) is 22.0. The third-order valence-electron chi connectivity index (χ3n) is 6.99. The van der Waals surface area contributed by atoms with Crippen LogP contribution in [0.4, 0.5) is 0 Å². The van der Waals surface area contributed by atoms with Crippen LogP contribution in [0.15, 0.2) is 42.7 Å². The Morgan fingerprint density at radius 1 is 1.15 bits per heavy atom. The van der Waals surface area contributed by atoms with Crippen LogP contribution in [0.5, 0.6) is 17.4 Å². The van der Waals surface area contributed by atoms with Gasteiger partial charge in [-0.15, -0.1) is 0 Å². The molecule has 1 atom stereocenters. The van der Waals surface area contributed by atoms with Crippen LogP contribution in [0.25, 0.3) is 33.1 Å². The molecule has 0 bridgehead atoms. The molecule has 11 nitrogen and oxygen atoms in total. The Hall–Kier alpha value is -3.45. The van der Waals surface area contributed by atoms with Crippen molar-refractivity contribution in [3.05, 3.63) is 42.7 Å². The number of hydrogen-bond acceptors (Lipinski definition) is 9. The molecule has 5 rings (SSSR count). The molecule has 12 heteroatoms. The molecule has 1 saturated heterocycles. The summed E-state index contributed by atoms with van der Waals surface area (Å²) in [5.74, 6) is 0.888. The molecule has 4 aromatic rings. The van der Waals surface area contributed by atoms with Crippen LogP contribution in [0, 0.1) is 0 Å². The summed E-state index contributed by atoms with van der Waals surface area (Å²) in [6.45, 7) is 5.70. The fourth-order valence-corrected chi connectivity index (χ4v) is 5.80. The van der Waals surface area contributed by atoms with Crippen molar-refractivity contribution in [3.63, 3.8) is 0 Å². The number of ether oxygens (including phenoxy) is 3. The van der Waals surface area contributed by atoms with Gasteiger partial charge in [0, 0.05) is 42.0 Å². The maximum absolute atomic E-state index is 12.7. The van der Waals surface area contributed by atoms with E-state index >= 15 is 0 Å². The molecular weight excluding hydrogens is 522 g/mol. The summed E-state index contributed by atoms with van der Waals surface area (Å²) in [5, 5.41) is 11.6. The minimum atomic E-state index is -3.49. The van der Waals surface area contributed by atoms with Gasteiger partial charge in [0.05, 0.1) is 42.3 Å². The second kappa shape index (κ2) is 11.7. The number of fused-ring (bicyclic) bond motifs is 2. The van der Waals surface area contributed by atoms with Gasteiger partial charge in [-0.2, -0.15) is 0 Å². The van der Waals surface area contributed by atoms with Gasteiger partial charge in [0.2, 0.25) is 10.0 Å². The standard InChI is InChI=1S/C27H33N5O6S/c1-18(7-9-32-10-13-37-14-11-32)39(34,35)30-8-12-38-24-16-22-20(15-23(24)36-2)26(29-17-28-22)25-19-5-3-4-6-21(19)31-27(25)33/h3-6,15-18,30-31,33H,7-14H2,1-2H3. The zero-order valence-corrected chi connectivity index (χ0v) is 22.8. The number of nitrogens with zero attached hydrogens (tertiary/aromatic N) is 3. The minimum absolute atomic E-state index is 0.0157. The van der Waals surface area contributed by atoms with E-state index in [1.807, 2.05) is 24.3 Å². The monoisotopic (exact) mass is 555 g/mol. The number of para-hydroxylation sites is 1. The van der Waals surface area contributed by atoms with E-state index in [4.69, 9.17) is 14.2 Å². The Morgan fingerprint density at radius 3 is 2.74 bits per heavy atom. The molecule has 2 aromatic carbocycles. The lowest BCUT2D eigenvalue weighted by atomic mass is 10.0. The van der Waals surface area contributed by atoms with Gasteiger partial charge in [-0.3, -0.25) is 4.90 Å². The lowest BCUT2D eigenvalue weighted by Gasteiger charge is -2.27. The van der Waals surface area contributed by atoms with Gasteiger partial charge in [0.1, 0.15) is 12.9 Å². The van der Waals surface area contributed by atoms with Crippen molar-refractivity contribution in [2.75, 3.05) is 53.1 Å². The first-order valence-corrected chi connectivity index (χ1v) is 14.5. The quantitative estimate of drug-likeness (QED) is 0.238. The van der Waals surface area contributed by atoms with Crippen molar-refractivity contribution in [1.82, 2.24) is 24.6 Å². The second-order valence-electron chi connectivity index (χ2n) is 9.48. The molecule has 0 aliphatic carbocycles. The Morgan fingerprint density at radius 2 is 1.95 bits per heavy atom. The molecule has 39 heavy (non-hydrogen) atoms. The van der Waals surface area contributed by atoms with E-state index in [1.54, 1.807) is 19.1 Å². The smallest absolute Gasteiger partial charge is 0.214 e. The SMILES string of the molecule is COc1cc2c(-c3c(O)[nH]c4ccccc34)ncnc2cc1OCCNS(=O)(=O)C(C)CCN1CCOCC1. The van der Waals surface area contributed by atoms with E-state index in [9.17, 15) is 13.5 Å². The van der Waals surface area contributed by atoms with Crippen LogP contribution in [0.1, 0.15) is 13.3 Å². The summed E-state index contributed by atoms with van der Waals surface area (Å²) in [5.41, 5.74) is 2.52. The van der Waals surface area contributed by atoms with Crippen LogP contribution in [-0.2, 0) is 14.8 Å². The average molecular weight is 556 g/mol. The van der Waals surface area contributed by atoms with E-state index in [0.717, 1.165) is 30.5 Å². The maximum atomic E-state index is 12.7. The largest absolute Gasteiger partial charge is 0.494 e. The van der Waals surface area contributed by atoms with Gasteiger partial charge in [-0.25, -0.2) is 23.1 Å². The van der Waals surface area contributed by atoms with Gasteiger partial charge in [0.15, 0.2) is 17.4 Å². The highest BCUT2D eigenvalue weighted by Gasteiger charge is 2.22. The minimum Gasteiger partial charge on any atom is -0.494 e. The molecule has 0 saturated carbocycles. The van der Waals surface area contributed by atoms with Crippen LogP contribution in [-0.4, -0.2) is 91.7 Å². The lowest BCUT2D eigenvalue weighted by Crippen LogP contribution is -2.40. The van der Waals surface area contributed by atoms with Crippen molar-refractivity contribution >= 4 is 31.8 Å². The lowest BCUT2D eigenvalue weighted by molar-refractivity contribution is 0.0374. The highest BCUT2D eigenvalue weighted by Crippen LogP contribution is 2.41. The third-order valence-corrected chi connectivity index (χ3v) is 8.89. The van der Waals surface area contributed by atoms with Crippen molar-refractivity contribution < 1.29 is 27.7 Å². The first kappa shape index (κ1) is 27.1. The molecule has 0 spiro atoms. The number of benzene rings is 2. The Balaban J connectivity index is 1.27. The number of aromatic nitrogens is 3. The van der Waals surface area contributed by atoms with Gasteiger partial charge < -0.3 is 24.3 Å². The first-order valence-electron chi connectivity index (χ1n) is 12.9. The molecule has 2 aromatic heterocycles. The second-order valence-corrected chi connectivity index (χ2v) is 11.7. The van der Waals surface area contributed by atoms with Crippen LogP contribution in [0.3, 0.4) is 0 Å². The topological polar surface area (TPSA) is 139 Å². The highest BCUT2D eigenvalue weighted by molar-refractivity contribution is 7.90. The third kappa shape index (κ3) is 5.93. The van der Waals surface area contributed by atoms with Crippen molar-refractivity contribution in [3.8, 4) is 28.6 Å². The molecule has 1 fully saturated rings. The summed E-state index contributed by atoms with van der Waals surface area (Å²) >= 11 is 0. The number of rotatable bonds is 11. The van der Waals surface area contributed by atoms with E-state index < -0.39 is 15.3 Å². The van der Waals surface area contributed by atoms with Gasteiger partial charge in [-0.05, 0) is 32.0 Å². The molecule has 0 radical (unpaired) electrons. The Kier molecular flexibility index (Phi) is 8.17. The Bertz CT molecular complexity index is 1550. The van der Waals surface area contributed by atoms with Gasteiger partial charge in [0.25, 0.3) is 0 Å². The van der Waals surface area contributed by atoms with Crippen LogP contribution < -0.4 is 14.2 Å². The molecule has 0 amide bonds. The zero-order chi connectivity index (χ0) is 27.4. The molecular formula is C27H33N5O6S. The average Bonchev–Trinajstić information content (AvgIpc) is 3.29. The normalized spacial score (nSPS) is 15.5. The van der Waals surface area contributed by atoms with E-state index in [2.05, 4.69) is 24.6 Å². The van der Waals surface area contributed by atoms with Crippen molar-refractivity contribution in [1.29, 1.82) is 0 Å². The summed E-state index contributed by atoms with van der Waals surface area (Å²) in [4.78, 5) is 14.0. The van der Waals surface area contributed by atoms with Gasteiger partial charge >= 0.3 is 0 Å². The number of sulfonamides is 1. The first-order chi connectivity index (χ1) is 18.9. The number of methoxy groups -OCH3 is 1. The highest BCUT2D eigenvalue weighted by atomic mass is 32.2.